The molecule has 11 nitrogen and oxygen atoms in total. The van der Waals surface area contributed by atoms with Gasteiger partial charge in [0, 0.05) is 6.42 Å². The van der Waals surface area contributed by atoms with Crippen molar-refractivity contribution in [3.8, 4) is 0 Å². The van der Waals surface area contributed by atoms with Crippen LogP contribution in [0.1, 0.15) is 361 Å². The first-order chi connectivity index (χ1) is 43.7. The average molecular weight is 1250 g/mol. The van der Waals surface area contributed by atoms with Crippen LogP contribution in [-0.2, 0) is 23.8 Å². The summed E-state index contributed by atoms with van der Waals surface area (Å²) in [5, 5.41) is 57.4. The molecule has 1 rings (SSSR count). The highest BCUT2D eigenvalue weighted by Crippen LogP contribution is 2.26. The molecule has 0 bridgehead atoms. The number of amides is 1. The second-order valence-electron chi connectivity index (χ2n) is 26.4. The van der Waals surface area contributed by atoms with E-state index in [2.05, 4.69) is 74.7 Å². The van der Waals surface area contributed by atoms with Crippen molar-refractivity contribution in [2.75, 3.05) is 13.2 Å². The number of unbranched alkanes of at least 4 members (excludes halogenated alkanes) is 44. The van der Waals surface area contributed by atoms with Crippen molar-refractivity contribution in [1.29, 1.82) is 0 Å². The van der Waals surface area contributed by atoms with E-state index in [1.54, 1.807) is 6.08 Å². The number of hydrogen-bond acceptors (Lipinski definition) is 10. The maximum atomic E-state index is 13.5. The molecule has 8 unspecified atom stereocenters. The predicted octanol–water partition coefficient (Wildman–Crippen LogP) is 20.1. The minimum atomic E-state index is -1.61. The summed E-state index contributed by atoms with van der Waals surface area (Å²) >= 11 is 0. The zero-order valence-electron chi connectivity index (χ0n) is 58.1. The Bertz CT molecular complexity index is 1680. The summed E-state index contributed by atoms with van der Waals surface area (Å²) < 4.78 is 17.7. The molecule has 89 heavy (non-hydrogen) atoms. The summed E-state index contributed by atoms with van der Waals surface area (Å²) in [6.45, 7) is 5.82. The molecule has 1 aliphatic rings. The van der Waals surface area contributed by atoms with Crippen molar-refractivity contribution >= 4 is 11.9 Å². The van der Waals surface area contributed by atoms with Crippen LogP contribution < -0.4 is 5.32 Å². The Hall–Kier alpha value is -2.64. The van der Waals surface area contributed by atoms with Gasteiger partial charge in [0.1, 0.15) is 24.4 Å². The first kappa shape index (κ1) is 84.4. The Balaban J connectivity index is 2.55. The van der Waals surface area contributed by atoms with Crippen LogP contribution in [0, 0.1) is 0 Å². The molecule has 520 valence electrons. The van der Waals surface area contributed by atoms with E-state index in [4.69, 9.17) is 14.2 Å². The lowest BCUT2D eigenvalue weighted by Gasteiger charge is -2.41. The van der Waals surface area contributed by atoms with Crippen molar-refractivity contribution in [2.45, 2.75) is 410 Å². The van der Waals surface area contributed by atoms with Crippen LogP contribution in [0.4, 0.5) is 0 Å². The molecule has 0 aromatic carbocycles. The molecule has 0 radical (unpaired) electrons. The van der Waals surface area contributed by atoms with Gasteiger partial charge in [-0.05, 0) is 89.9 Å². The maximum absolute atomic E-state index is 13.5. The van der Waals surface area contributed by atoms with Crippen molar-refractivity contribution in [3.63, 3.8) is 0 Å². The Morgan fingerprint density at radius 3 is 1.19 bits per heavy atom. The third-order valence-corrected chi connectivity index (χ3v) is 17.9. The normalized spacial score (nSPS) is 18.4. The average Bonchev–Trinajstić information content (AvgIpc) is 3.11. The molecule has 0 aromatic rings. The first-order valence-electron chi connectivity index (χ1n) is 38.1. The van der Waals surface area contributed by atoms with E-state index in [9.17, 15) is 35.1 Å². The van der Waals surface area contributed by atoms with Crippen molar-refractivity contribution in [2.24, 2.45) is 0 Å². The van der Waals surface area contributed by atoms with E-state index < -0.39 is 67.4 Å². The lowest BCUT2D eigenvalue weighted by atomic mass is 9.99. The summed E-state index contributed by atoms with van der Waals surface area (Å²) in [5.41, 5.74) is 0. The smallest absolute Gasteiger partial charge is 0.306 e. The van der Waals surface area contributed by atoms with E-state index in [0.29, 0.717) is 12.8 Å². The molecular formula is C78H143NO10. The van der Waals surface area contributed by atoms with Crippen LogP contribution in [0.2, 0.25) is 0 Å². The summed E-state index contributed by atoms with van der Waals surface area (Å²) in [6.07, 6.45) is 74.0. The number of aliphatic hydroxyl groups excluding tert-OH is 5. The number of esters is 1. The molecule has 0 aromatic heterocycles. The largest absolute Gasteiger partial charge is 0.454 e. The minimum Gasteiger partial charge on any atom is -0.454 e. The Labute approximate surface area is 548 Å². The van der Waals surface area contributed by atoms with Gasteiger partial charge in [-0.3, -0.25) is 9.59 Å². The van der Waals surface area contributed by atoms with Gasteiger partial charge in [0.2, 0.25) is 5.91 Å². The number of carbonyl (C=O) groups is 2. The van der Waals surface area contributed by atoms with Crippen molar-refractivity contribution in [3.05, 3.63) is 60.8 Å². The number of aliphatic hydroxyl groups is 5. The quantitative estimate of drug-likeness (QED) is 0.0195. The number of nitrogens with one attached hydrogen (secondary N) is 1. The lowest BCUT2D eigenvalue weighted by Crippen LogP contribution is -2.61. The molecule has 6 N–H and O–H groups in total. The fourth-order valence-corrected chi connectivity index (χ4v) is 11.9. The number of allylic oxidation sites excluding steroid dienone is 9. The van der Waals surface area contributed by atoms with E-state index in [0.717, 1.165) is 77.0 Å². The van der Waals surface area contributed by atoms with Crippen LogP contribution in [-0.4, -0.2) is 99.6 Å². The second kappa shape index (κ2) is 65.4. The number of ether oxygens (including phenoxy) is 3. The van der Waals surface area contributed by atoms with Gasteiger partial charge in [0.05, 0.1) is 25.4 Å². The number of rotatable bonds is 66. The minimum absolute atomic E-state index is 0.125. The maximum Gasteiger partial charge on any atom is 0.306 e. The SMILES string of the molecule is CCCCC/C=C\C/C=C\C/C=C\CCCCCCCCCCCCCC(O)C(=O)NC(COC1OC(CO)C(O)C(O)C1OC(=O)CCCCCCCCCCCCCCC/C=C/CCCCCCCC)C(O)/C=C/CCCCCCCCCCCCC. The van der Waals surface area contributed by atoms with Gasteiger partial charge < -0.3 is 45.1 Å². The van der Waals surface area contributed by atoms with Gasteiger partial charge in [0.15, 0.2) is 12.4 Å². The van der Waals surface area contributed by atoms with Gasteiger partial charge in [-0.15, -0.1) is 0 Å². The molecule has 0 aliphatic carbocycles. The Kier molecular flexibility index (Phi) is 62.0. The molecule has 0 spiro atoms. The highest BCUT2D eigenvalue weighted by atomic mass is 16.7. The highest BCUT2D eigenvalue weighted by Gasteiger charge is 2.47. The van der Waals surface area contributed by atoms with Crippen molar-refractivity contribution in [1.82, 2.24) is 5.32 Å². The molecule has 1 heterocycles. The zero-order chi connectivity index (χ0) is 64.6. The van der Waals surface area contributed by atoms with Crippen LogP contribution in [0.15, 0.2) is 60.8 Å². The first-order valence-corrected chi connectivity index (χ1v) is 38.1. The fraction of sp³-hybridized carbons (Fsp3) is 0.846. The molecule has 8 atom stereocenters. The number of carbonyl (C=O) groups excluding carboxylic acids is 2. The van der Waals surface area contributed by atoms with E-state index >= 15 is 0 Å². The lowest BCUT2D eigenvalue weighted by molar-refractivity contribution is -0.305. The third-order valence-electron chi connectivity index (χ3n) is 17.9. The molecule has 0 saturated carbocycles. The van der Waals surface area contributed by atoms with Crippen LogP contribution in [0.3, 0.4) is 0 Å². The monoisotopic (exact) mass is 1250 g/mol. The van der Waals surface area contributed by atoms with Gasteiger partial charge >= 0.3 is 5.97 Å². The molecule has 1 fully saturated rings. The topological polar surface area (TPSA) is 175 Å². The van der Waals surface area contributed by atoms with Crippen LogP contribution >= 0.6 is 0 Å². The molecular weight excluding hydrogens is 1110 g/mol. The Morgan fingerprint density at radius 1 is 0.438 bits per heavy atom. The molecule has 11 heteroatoms. The summed E-state index contributed by atoms with van der Waals surface area (Å²) in [7, 11) is 0. The molecule has 1 amide bonds. The standard InChI is InChI=1S/C78H143NO10/c1-4-7-10-13-16-19-22-25-27-29-31-33-35-37-38-40-42-44-47-50-53-56-59-62-65-71(82)77(86)79-69(70(81)64-61-58-55-52-49-46-24-21-18-15-12-9-6-3)68-87-78-76(75(85)74(84)72(67-80)88-78)89-73(83)66-63-60-57-54-51-48-45-43-41-39-36-34-32-30-28-26-23-20-17-14-11-8-5-2/h16,19,25-28,31,33,61,64,69-72,74-76,78,80-82,84-85H,4-15,17-18,20-24,29-30,32,34-60,62-63,65-68H2,1-3H3,(H,79,86)/b19-16-,27-25-,28-26+,33-31-,64-61+. The van der Waals surface area contributed by atoms with Crippen LogP contribution in [0.5, 0.6) is 0 Å². The van der Waals surface area contributed by atoms with Gasteiger partial charge in [-0.25, -0.2) is 0 Å². The molecule has 1 aliphatic heterocycles. The predicted molar refractivity (Wildman–Crippen MR) is 375 cm³/mol. The van der Waals surface area contributed by atoms with E-state index in [-0.39, 0.29) is 19.4 Å². The van der Waals surface area contributed by atoms with Crippen molar-refractivity contribution < 1.29 is 49.3 Å². The van der Waals surface area contributed by atoms with Gasteiger partial charge in [0.25, 0.3) is 0 Å². The number of hydrogen-bond donors (Lipinski definition) is 6. The Morgan fingerprint density at radius 2 is 0.775 bits per heavy atom. The zero-order valence-corrected chi connectivity index (χ0v) is 58.1. The molecule has 1 saturated heterocycles. The summed E-state index contributed by atoms with van der Waals surface area (Å²) in [4.78, 5) is 26.7. The fourth-order valence-electron chi connectivity index (χ4n) is 11.9. The summed E-state index contributed by atoms with van der Waals surface area (Å²) in [5.74, 6) is -1.18. The van der Waals surface area contributed by atoms with Gasteiger partial charge in [-0.1, -0.05) is 326 Å². The summed E-state index contributed by atoms with van der Waals surface area (Å²) in [6, 6.07) is -1.03. The van der Waals surface area contributed by atoms with E-state index in [1.807, 2.05) is 6.08 Å². The second-order valence-corrected chi connectivity index (χ2v) is 26.4. The third kappa shape index (κ3) is 52.4. The van der Waals surface area contributed by atoms with E-state index in [1.165, 1.54) is 238 Å². The van der Waals surface area contributed by atoms with Gasteiger partial charge in [-0.2, -0.15) is 0 Å². The van der Waals surface area contributed by atoms with Crippen LogP contribution in [0.25, 0.3) is 0 Å². The highest BCUT2D eigenvalue weighted by molar-refractivity contribution is 5.80.